The van der Waals surface area contributed by atoms with Crippen LogP contribution in [0.3, 0.4) is 0 Å². The molecule has 0 aromatic heterocycles. The lowest BCUT2D eigenvalue weighted by Crippen LogP contribution is -2.56. The molecule has 4 fully saturated rings. The minimum Gasteiger partial charge on any atom is -0.465 e. The molecule has 4 heterocycles. The van der Waals surface area contributed by atoms with E-state index in [1.165, 1.54) is 0 Å². The van der Waals surface area contributed by atoms with Gasteiger partial charge in [-0.1, -0.05) is 40.9 Å². The quantitative estimate of drug-likeness (QED) is 0.103. The number of halogens is 1. The molecule has 1 spiro atoms. The van der Waals surface area contributed by atoms with Gasteiger partial charge in [-0.3, -0.25) is 19.3 Å². The number of aliphatic hydroxyl groups excluding tert-OH is 1. The number of carbonyl (C=O) groups excluding carboxylic acids is 3. The number of alkyl halides is 1. The third-order valence-electron chi connectivity index (χ3n) is 9.10. The number of aliphatic hydroxyl groups is 1. The van der Waals surface area contributed by atoms with Crippen LogP contribution >= 0.6 is 27.7 Å². The van der Waals surface area contributed by atoms with Gasteiger partial charge in [0.2, 0.25) is 11.8 Å². The highest BCUT2D eigenvalue weighted by molar-refractivity contribution is 9.09. The monoisotopic (exact) mass is 669 g/mol. The third kappa shape index (κ3) is 7.28. The molecule has 3 unspecified atom stereocenters. The summed E-state index contributed by atoms with van der Waals surface area (Å²) in [6.07, 6.45) is 10.00. The van der Waals surface area contributed by atoms with Gasteiger partial charge < -0.3 is 24.4 Å². The summed E-state index contributed by atoms with van der Waals surface area (Å²) in [4.78, 5) is 48.3. The third-order valence-corrected chi connectivity index (χ3v) is 12.3. The average Bonchev–Trinajstić information content (AvgIpc) is 3.58. The highest BCUT2D eigenvalue weighted by Gasteiger charge is 2.76. The van der Waals surface area contributed by atoms with Gasteiger partial charge in [-0.2, -0.15) is 0 Å². The topological polar surface area (TPSA) is 99.6 Å². The van der Waals surface area contributed by atoms with Crippen LogP contribution in [0.5, 0.6) is 0 Å². The fourth-order valence-electron chi connectivity index (χ4n) is 7.03. The van der Waals surface area contributed by atoms with Crippen molar-refractivity contribution in [2.24, 2.45) is 11.8 Å². The maximum atomic E-state index is 14.5. The van der Waals surface area contributed by atoms with E-state index >= 15 is 0 Å². The van der Waals surface area contributed by atoms with Gasteiger partial charge in [-0.25, -0.2) is 0 Å². The number of morpholine rings is 1. The summed E-state index contributed by atoms with van der Waals surface area (Å²) in [7, 11) is 0. The Morgan fingerprint density at radius 1 is 1.12 bits per heavy atom. The molecule has 1 N–H and O–H groups in total. The minimum atomic E-state index is -0.678. The number of rotatable bonds is 18. The van der Waals surface area contributed by atoms with Crippen LogP contribution in [0.15, 0.2) is 25.3 Å². The SMILES string of the molecule is C=CCCCCOC(=O)[C@H]1[C@H]2C(=O)N(CCCCCCO)C(C(=O)N(CC=C)CCN3CCOCC3)C23CC(Br)[C@@H]1S3. The van der Waals surface area contributed by atoms with E-state index < -0.39 is 22.6 Å². The number of likely N-dealkylation sites (tertiary alicyclic amines) is 1. The summed E-state index contributed by atoms with van der Waals surface area (Å²) in [6, 6.07) is -0.641. The minimum absolute atomic E-state index is 0.0193. The number of hydrogen-bond donors (Lipinski definition) is 1. The molecule has 2 amide bonds. The smallest absolute Gasteiger partial charge is 0.310 e. The van der Waals surface area contributed by atoms with Crippen LogP contribution in [0.4, 0.5) is 0 Å². The van der Waals surface area contributed by atoms with Gasteiger partial charge in [0.1, 0.15) is 6.04 Å². The molecule has 4 aliphatic heterocycles. The zero-order chi connectivity index (χ0) is 30.1. The fourth-order valence-corrected chi connectivity index (χ4v) is 10.6. The summed E-state index contributed by atoms with van der Waals surface area (Å²) < 4.78 is 10.6. The lowest BCUT2D eigenvalue weighted by molar-refractivity contribution is -0.154. The standard InChI is InChI=1S/C31H48BrN3O6S/c1-3-5-6-11-19-41-30(39)24-25-28(37)35(13-9-7-8-10-18-36)27(31(25)22-23(32)26(24)42-31)29(38)34(12-4-2)15-14-33-16-20-40-21-17-33/h3-4,23-27,36H,1-2,5-22H2/t23?,24-,25-,26-,27?,31?/m0/s1. The second-order valence-electron chi connectivity index (χ2n) is 11.8. The molecule has 6 atom stereocenters. The van der Waals surface area contributed by atoms with Crippen LogP contribution < -0.4 is 0 Å². The highest BCUT2D eigenvalue weighted by Crippen LogP contribution is 2.68. The molecular weight excluding hydrogens is 622 g/mol. The van der Waals surface area contributed by atoms with Crippen LogP contribution in [0.1, 0.15) is 51.4 Å². The van der Waals surface area contributed by atoms with Crippen LogP contribution in [0.2, 0.25) is 0 Å². The number of unbranched alkanes of at least 4 members (excludes halogenated alkanes) is 5. The molecule has 0 aromatic carbocycles. The van der Waals surface area contributed by atoms with Crippen molar-refractivity contribution in [1.29, 1.82) is 0 Å². The molecule has 236 valence electrons. The molecule has 42 heavy (non-hydrogen) atoms. The molecule has 4 rings (SSSR count). The molecule has 2 bridgehead atoms. The predicted octanol–water partition coefficient (Wildman–Crippen LogP) is 3.25. The normalized spacial score (nSPS) is 30.4. The lowest BCUT2D eigenvalue weighted by Gasteiger charge is -2.38. The van der Waals surface area contributed by atoms with E-state index in [9.17, 15) is 19.5 Å². The van der Waals surface area contributed by atoms with Crippen molar-refractivity contribution in [2.75, 3.05) is 65.7 Å². The Labute approximate surface area is 263 Å². The largest absolute Gasteiger partial charge is 0.465 e. The maximum Gasteiger partial charge on any atom is 0.310 e. The summed E-state index contributed by atoms with van der Waals surface area (Å²) in [5.41, 5.74) is 0. The van der Waals surface area contributed by atoms with E-state index in [1.54, 1.807) is 22.7 Å². The van der Waals surface area contributed by atoms with Crippen molar-refractivity contribution in [1.82, 2.24) is 14.7 Å². The number of amides is 2. The van der Waals surface area contributed by atoms with E-state index in [2.05, 4.69) is 34.0 Å². The van der Waals surface area contributed by atoms with E-state index in [0.717, 1.165) is 64.6 Å². The molecule has 0 saturated carbocycles. The molecule has 9 nitrogen and oxygen atoms in total. The average molecular weight is 671 g/mol. The van der Waals surface area contributed by atoms with E-state index in [0.29, 0.717) is 45.9 Å². The zero-order valence-corrected chi connectivity index (χ0v) is 27.2. The Morgan fingerprint density at radius 2 is 1.88 bits per heavy atom. The van der Waals surface area contributed by atoms with Crippen molar-refractivity contribution in [3.05, 3.63) is 25.3 Å². The van der Waals surface area contributed by atoms with Gasteiger partial charge in [0.05, 0.1) is 36.4 Å². The number of hydrogen-bond acceptors (Lipinski definition) is 8. The summed E-state index contributed by atoms with van der Waals surface area (Å²) in [5, 5.41) is 9.08. The van der Waals surface area contributed by atoms with Crippen molar-refractivity contribution in [3.8, 4) is 0 Å². The highest BCUT2D eigenvalue weighted by atomic mass is 79.9. The number of nitrogens with zero attached hydrogens (tertiary/aromatic N) is 3. The van der Waals surface area contributed by atoms with Crippen molar-refractivity contribution >= 4 is 45.5 Å². The summed E-state index contributed by atoms with van der Waals surface area (Å²) in [6.45, 7) is 13.3. The number of fused-ring (bicyclic) bond motifs is 1. The zero-order valence-electron chi connectivity index (χ0n) is 24.8. The van der Waals surface area contributed by atoms with Gasteiger partial charge in [-0.05, 0) is 38.5 Å². The first-order valence-electron chi connectivity index (χ1n) is 15.6. The first-order valence-corrected chi connectivity index (χ1v) is 17.4. The van der Waals surface area contributed by atoms with E-state index in [4.69, 9.17) is 9.47 Å². The molecule has 0 aromatic rings. The first kappa shape index (κ1) is 33.5. The number of thioether (sulfide) groups is 1. The van der Waals surface area contributed by atoms with E-state index in [-0.39, 0.29) is 34.5 Å². The molecule has 0 aliphatic carbocycles. The molecular formula is C31H48BrN3O6S. The van der Waals surface area contributed by atoms with Crippen molar-refractivity contribution < 1.29 is 29.0 Å². The van der Waals surface area contributed by atoms with Crippen LogP contribution in [-0.4, -0.2) is 124 Å². The van der Waals surface area contributed by atoms with Gasteiger partial charge in [-0.15, -0.1) is 24.9 Å². The van der Waals surface area contributed by atoms with Gasteiger partial charge in [0.25, 0.3) is 0 Å². The Hall–Kier alpha value is -1.40. The van der Waals surface area contributed by atoms with Gasteiger partial charge in [0.15, 0.2) is 0 Å². The Morgan fingerprint density at radius 3 is 2.60 bits per heavy atom. The van der Waals surface area contributed by atoms with Gasteiger partial charge in [0, 0.05) is 56.0 Å². The van der Waals surface area contributed by atoms with Crippen molar-refractivity contribution in [3.63, 3.8) is 0 Å². The fraction of sp³-hybridized carbons (Fsp3) is 0.774. The van der Waals surface area contributed by atoms with Crippen LogP contribution in [0.25, 0.3) is 0 Å². The molecule has 11 heteroatoms. The number of ether oxygens (including phenoxy) is 2. The second kappa shape index (κ2) is 16.1. The number of allylic oxidation sites excluding steroid dienone is 1. The molecule has 0 radical (unpaired) electrons. The van der Waals surface area contributed by atoms with Crippen LogP contribution in [-0.2, 0) is 23.9 Å². The van der Waals surface area contributed by atoms with Gasteiger partial charge >= 0.3 is 5.97 Å². The number of carbonyl (C=O) groups is 3. The maximum absolute atomic E-state index is 14.5. The van der Waals surface area contributed by atoms with E-state index in [1.807, 2.05) is 11.0 Å². The lowest BCUT2D eigenvalue weighted by atomic mass is 9.71. The Balaban J connectivity index is 1.56. The second-order valence-corrected chi connectivity index (χ2v) is 14.5. The number of esters is 1. The molecule has 4 aliphatic rings. The van der Waals surface area contributed by atoms with Crippen molar-refractivity contribution in [2.45, 2.75) is 72.2 Å². The molecule has 4 saturated heterocycles. The first-order chi connectivity index (χ1) is 20.4. The summed E-state index contributed by atoms with van der Waals surface area (Å²) >= 11 is 5.49. The Kier molecular flexibility index (Phi) is 12.8. The van der Waals surface area contributed by atoms with Crippen LogP contribution in [0, 0.1) is 11.8 Å². The summed E-state index contributed by atoms with van der Waals surface area (Å²) in [5.74, 6) is -1.61. The predicted molar refractivity (Wildman–Crippen MR) is 169 cm³/mol. The Bertz CT molecular complexity index is 965.